The highest BCUT2D eigenvalue weighted by molar-refractivity contribution is 6.04. The lowest BCUT2D eigenvalue weighted by Gasteiger charge is -2.07. The summed E-state index contributed by atoms with van der Waals surface area (Å²) in [7, 11) is 0. The van der Waals surface area contributed by atoms with E-state index in [0.29, 0.717) is 12.3 Å². The van der Waals surface area contributed by atoms with E-state index >= 15 is 0 Å². The average molecular weight is 310 g/mol. The van der Waals surface area contributed by atoms with Crippen LogP contribution in [-0.2, 0) is 9.59 Å². The molecule has 1 aromatic heterocycles. The molecule has 0 radical (unpaired) electrons. The third-order valence-electron chi connectivity index (χ3n) is 2.90. The molecule has 0 aliphatic carbocycles. The van der Waals surface area contributed by atoms with Gasteiger partial charge in [0.15, 0.2) is 0 Å². The Morgan fingerprint density at radius 2 is 1.91 bits per heavy atom. The smallest absolute Gasteiger partial charge is 0.267 e. The summed E-state index contributed by atoms with van der Waals surface area (Å²) in [5, 5.41) is 5.22. The lowest BCUT2D eigenvalue weighted by Crippen LogP contribution is -2.33. The topological polar surface area (TPSA) is 71.3 Å². The van der Waals surface area contributed by atoms with Crippen LogP contribution in [0.1, 0.15) is 18.2 Å². The Bertz CT molecular complexity index is 701. The van der Waals surface area contributed by atoms with E-state index in [1.165, 1.54) is 18.4 Å². The molecule has 0 spiro atoms. The molecule has 0 saturated carbocycles. The van der Waals surface area contributed by atoms with Crippen LogP contribution in [0.3, 0.4) is 0 Å². The molecule has 0 unspecified atom stereocenters. The van der Waals surface area contributed by atoms with E-state index in [2.05, 4.69) is 10.6 Å². The molecule has 118 valence electrons. The second-order valence-corrected chi connectivity index (χ2v) is 4.67. The second-order valence-electron chi connectivity index (χ2n) is 4.67. The Morgan fingerprint density at radius 1 is 1.13 bits per heavy atom. The van der Waals surface area contributed by atoms with Gasteiger partial charge >= 0.3 is 0 Å². The van der Waals surface area contributed by atoms with Gasteiger partial charge in [0, 0.05) is 18.7 Å². The maximum Gasteiger partial charge on any atom is 0.267 e. The first-order valence-corrected chi connectivity index (χ1v) is 7.26. The first-order valence-electron chi connectivity index (χ1n) is 7.26. The first-order chi connectivity index (χ1) is 11.2. The number of carbonyl (C=O) groups excluding carboxylic acids is 2. The van der Waals surface area contributed by atoms with Crippen LogP contribution in [0.4, 0.5) is 0 Å². The lowest BCUT2D eigenvalue weighted by molar-refractivity contribution is -0.121. The average Bonchev–Trinajstić information content (AvgIpc) is 3.06. The maximum absolute atomic E-state index is 12.0. The van der Waals surface area contributed by atoms with Crippen molar-refractivity contribution >= 4 is 24.0 Å². The number of likely N-dealkylation sites (N-methyl/N-ethyl adjacent to an activating group) is 1. The molecule has 5 heteroatoms. The molecular formula is C18H18N2O3. The molecule has 2 N–H and O–H groups in total. The Morgan fingerprint density at radius 3 is 2.57 bits per heavy atom. The molecule has 2 rings (SSSR count). The normalized spacial score (nSPS) is 11.4. The zero-order valence-corrected chi connectivity index (χ0v) is 12.8. The van der Waals surface area contributed by atoms with Crippen molar-refractivity contribution in [2.24, 2.45) is 0 Å². The van der Waals surface area contributed by atoms with Crippen molar-refractivity contribution in [2.75, 3.05) is 6.54 Å². The number of nitrogens with one attached hydrogen (secondary N) is 2. The molecule has 0 fully saturated rings. The summed E-state index contributed by atoms with van der Waals surface area (Å²) in [4.78, 5) is 24.0. The molecule has 0 atom stereocenters. The second kappa shape index (κ2) is 8.38. The summed E-state index contributed by atoms with van der Waals surface area (Å²) in [6, 6.07) is 12.8. The van der Waals surface area contributed by atoms with Crippen LogP contribution in [0.2, 0.25) is 0 Å². The van der Waals surface area contributed by atoms with Crippen LogP contribution in [0.5, 0.6) is 0 Å². The molecule has 1 aromatic carbocycles. The number of furan rings is 1. The molecule has 0 aliphatic rings. The Labute approximate surface area is 134 Å². The largest absolute Gasteiger partial charge is 0.465 e. The molecule has 2 aromatic rings. The fourth-order valence-corrected chi connectivity index (χ4v) is 1.84. The number of carbonyl (C=O) groups is 2. The van der Waals surface area contributed by atoms with Crippen molar-refractivity contribution in [2.45, 2.75) is 6.92 Å². The zero-order chi connectivity index (χ0) is 16.5. The van der Waals surface area contributed by atoms with Gasteiger partial charge in [0.25, 0.3) is 5.91 Å². The standard InChI is InChI=1S/C18H18N2O3/c1-2-19-18(22)16(13-15-9-6-12-23-15)20-17(21)11-10-14-7-4-3-5-8-14/h3-13H,2H2,1H3,(H,19,22)(H,20,21)/b11-10+,16-13+. The predicted molar refractivity (Wildman–Crippen MR) is 89.0 cm³/mol. The number of rotatable bonds is 6. The highest BCUT2D eigenvalue weighted by Crippen LogP contribution is 2.06. The van der Waals surface area contributed by atoms with Gasteiger partial charge in [-0.3, -0.25) is 9.59 Å². The van der Waals surface area contributed by atoms with E-state index in [1.807, 2.05) is 30.3 Å². The summed E-state index contributed by atoms with van der Waals surface area (Å²) < 4.78 is 5.18. The van der Waals surface area contributed by atoms with Gasteiger partial charge in [-0.05, 0) is 30.7 Å². The molecule has 2 amide bonds. The number of hydrogen-bond acceptors (Lipinski definition) is 3. The fraction of sp³-hybridized carbons (Fsp3) is 0.111. The maximum atomic E-state index is 12.0. The molecular weight excluding hydrogens is 292 g/mol. The van der Waals surface area contributed by atoms with E-state index in [1.54, 1.807) is 25.1 Å². The van der Waals surface area contributed by atoms with Crippen LogP contribution in [0.15, 0.2) is 64.9 Å². The van der Waals surface area contributed by atoms with E-state index in [-0.39, 0.29) is 11.6 Å². The summed E-state index contributed by atoms with van der Waals surface area (Å²) in [5.74, 6) is -0.276. The number of hydrogen-bond donors (Lipinski definition) is 2. The van der Waals surface area contributed by atoms with Crippen molar-refractivity contribution in [3.8, 4) is 0 Å². The molecule has 0 saturated heterocycles. The van der Waals surface area contributed by atoms with Gasteiger partial charge in [0.05, 0.1) is 6.26 Å². The highest BCUT2D eigenvalue weighted by atomic mass is 16.3. The highest BCUT2D eigenvalue weighted by Gasteiger charge is 2.11. The minimum Gasteiger partial charge on any atom is -0.465 e. The van der Waals surface area contributed by atoms with Gasteiger partial charge in [-0.1, -0.05) is 30.3 Å². The lowest BCUT2D eigenvalue weighted by atomic mass is 10.2. The van der Waals surface area contributed by atoms with E-state index in [0.717, 1.165) is 5.56 Å². The van der Waals surface area contributed by atoms with Crippen LogP contribution in [-0.4, -0.2) is 18.4 Å². The third kappa shape index (κ3) is 5.32. The van der Waals surface area contributed by atoms with Gasteiger partial charge < -0.3 is 15.1 Å². The molecule has 5 nitrogen and oxygen atoms in total. The number of amides is 2. The fourth-order valence-electron chi connectivity index (χ4n) is 1.84. The minimum atomic E-state index is -0.391. The van der Waals surface area contributed by atoms with Crippen LogP contribution >= 0.6 is 0 Å². The van der Waals surface area contributed by atoms with Crippen LogP contribution in [0, 0.1) is 0 Å². The minimum absolute atomic E-state index is 0.129. The molecule has 0 bridgehead atoms. The monoisotopic (exact) mass is 310 g/mol. The van der Waals surface area contributed by atoms with Crippen molar-refractivity contribution in [1.82, 2.24) is 10.6 Å². The Kier molecular flexibility index (Phi) is 5.94. The summed E-state index contributed by atoms with van der Waals surface area (Å²) in [6.07, 6.45) is 6.04. The SMILES string of the molecule is CCNC(=O)/C(=C\c1ccco1)NC(=O)/C=C/c1ccccc1. The van der Waals surface area contributed by atoms with E-state index < -0.39 is 5.91 Å². The Hall–Kier alpha value is -3.08. The predicted octanol–water partition coefficient (Wildman–Crippen LogP) is 2.59. The summed E-state index contributed by atoms with van der Waals surface area (Å²) in [5.41, 5.74) is 1.03. The number of benzene rings is 1. The van der Waals surface area contributed by atoms with Crippen LogP contribution in [0.25, 0.3) is 12.2 Å². The first kappa shape index (κ1) is 16.3. The van der Waals surface area contributed by atoms with Gasteiger partial charge in [-0.2, -0.15) is 0 Å². The van der Waals surface area contributed by atoms with Crippen LogP contribution < -0.4 is 10.6 Å². The third-order valence-corrected chi connectivity index (χ3v) is 2.90. The van der Waals surface area contributed by atoms with Gasteiger partial charge in [0.2, 0.25) is 5.91 Å². The van der Waals surface area contributed by atoms with Crippen molar-refractivity contribution in [3.63, 3.8) is 0 Å². The van der Waals surface area contributed by atoms with Gasteiger partial charge in [-0.15, -0.1) is 0 Å². The quantitative estimate of drug-likeness (QED) is 0.806. The van der Waals surface area contributed by atoms with Gasteiger partial charge in [-0.25, -0.2) is 0 Å². The van der Waals surface area contributed by atoms with E-state index in [4.69, 9.17) is 4.42 Å². The van der Waals surface area contributed by atoms with Crippen molar-refractivity contribution in [3.05, 3.63) is 71.8 Å². The summed E-state index contributed by atoms with van der Waals surface area (Å²) >= 11 is 0. The Balaban J connectivity index is 2.09. The van der Waals surface area contributed by atoms with E-state index in [9.17, 15) is 9.59 Å². The van der Waals surface area contributed by atoms with Gasteiger partial charge in [0.1, 0.15) is 11.5 Å². The summed E-state index contributed by atoms with van der Waals surface area (Å²) in [6.45, 7) is 2.27. The van der Waals surface area contributed by atoms with Crippen molar-refractivity contribution in [1.29, 1.82) is 0 Å². The molecule has 1 heterocycles. The molecule has 0 aliphatic heterocycles. The van der Waals surface area contributed by atoms with Crippen molar-refractivity contribution < 1.29 is 14.0 Å². The zero-order valence-electron chi connectivity index (χ0n) is 12.8. The molecule has 23 heavy (non-hydrogen) atoms.